The summed E-state index contributed by atoms with van der Waals surface area (Å²) in [5, 5.41) is -0.299. The molecule has 1 aromatic carbocycles. The molecular formula is C12H14ClF2NO2S. The minimum Gasteiger partial charge on any atom is -0.207 e. The van der Waals surface area contributed by atoms with Gasteiger partial charge in [-0.1, -0.05) is 6.92 Å². The van der Waals surface area contributed by atoms with Crippen LogP contribution in [0.4, 0.5) is 8.78 Å². The van der Waals surface area contributed by atoms with E-state index in [2.05, 4.69) is 0 Å². The van der Waals surface area contributed by atoms with Gasteiger partial charge in [0, 0.05) is 24.5 Å². The van der Waals surface area contributed by atoms with Gasteiger partial charge in [-0.25, -0.2) is 17.2 Å². The fraction of sp³-hybridized carbons (Fsp3) is 0.500. The largest absolute Gasteiger partial charge is 0.246 e. The zero-order valence-electron chi connectivity index (χ0n) is 10.3. The van der Waals surface area contributed by atoms with Gasteiger partial charge in [0.15, 0.2) is 0 Å². The summed E-state index contributed by atoms with van der Waals surface area (Å²) in [6.45, 7) is 2.38. The van der Waals surface area contributed by atoms with Gasteiger partial charge >= 0.3 is 0 Å². The lowest BCUT2D eigenvalue weighted by atomic mass is 10.0. The highest BCUT2D eigenvalue weighted by atomic mass is 35.5. The van der Waals surface area contributed by atoms with Gasteiger partial charge in [-0.05, 0) is 24.5 Å². The lowest BCUT2D eigenvalue weighted by Crippen LogP contribution is -2.43. The molecule has 2 rings (SSSR count). The smallest absolute Gasteiger partial charge is 0.207 e. The Morgan fingerprint density at radius 1 is 1.37 bits per heavy atom. The fourth-order valence-electron chi connectivity index (χ4n) is 2.04. The van der Waals surface area contributed by atoms with Gasteiger partial charge in [0.25, 0.3) is 0 Å². The number of benzene rings is 1. The summed E-state index contributed by atoms with van der Waals surface area (Å²) in [5.74, 6) is -1.67. The van der Waals surface area contributed by atoms with E-state index >= 15 is 0 Å². The number of hydrogen-bond acceptors (Lipinski definition) is 2. The molecule has 1 aliphatic rings. The van der Waals surface area contributed by atoms with Crippen molar-refractivity contribution in [2.45, 2.75) is 23.6 Å². The lowest BCUT2D eigenvalue weighted by molar-refractivity contribution is 0.292. The first-order valence-corrected chi connectivity index (χ1v) is 7.79. The van der Waals surface area contributed by atoms with Crippen molar-refractivity contribution in [2.24, 2.45) is 5.92 Å². The van der Waals surface area contributed by atoms with Crippen LogP contribution in [0.1, 0.15) is 13.3 Å². The molecule has 1 aliphatic heterocycles. The molecule has 0 radical (unpaired) electrons. The highest BCUT2D eigenvalue weighted by molar-refractivity contribution is 7.89. The van der Waals surface area contributed by atoms with Crippen LogP contribution in [0.2, 0.25) is 0 Å². The SMILES string of the molecule is CC1CCN(S(=O)(=O)c2ccc(F)cc2F)CC1Cl. The number of alkyl halides is 1. The van der Waals surface area contributed by atoms with Crippen LogP contribution in [0.5, 0.6) is 0 Å². The van der Waals surface area contributed by atoms with Gasteiger partial charge in [-0.2, -0.15) is 4.31 Å². The summed E-state index contributed by atoms with van der Waals surface area (Å²) in [4.78, 5) is -0.507. The van der Waals surface area contributed by atoms with Crippen molar-refractivity contribution >= 4 is 21.6 Å². The number of sulfonamides is 1. The Hall–Kier alpha value is -0.720. The van der Waals surface area contributed by atoms with E-state index in [0.29, 0.717) is 19.0 Å². The topological polar surface area (TPSA) is 37.4 Å². The Balaban J connectivity index is 2.32. The summed E-state index contributed by atoms with van der Waals surface area (Å²) in [6.07, 6.45) is 0.621. The number of halogens is 3. The second-order valence-electron chi connectivity index (χ2n) is 4.72. The molecule has 1 saturated heterocycles. The quantitative estimate of drug-likeness (QED) is 0.788. The number of nitrogens with zero attached hydrogens (tertiary/aromatic N) is 1. The highest BCUT2D eigenvalue weighted by Crippen LogP contribution is 2.27. The Morgan fingerprint density at radius 3 is 2.63 bits per heavy atom. The van der Waals surface area contributed by atoms with Crippen LogP contribution in [0, 0.1) is 17.6 Å². The molecule has 0 N–H and O–H groups in total. The summed E-state index contributed by atoms with van der Waals surface area (Å²) in [5.41, 5.74) is 0. The predicted molar refractivity (Wildman–Crippen MR) is 68.5 cm³/mol. The molecule has 0 aromatic heterocycles. The first-order valence-electron chi connectivity index (χ1n) is 5.91. The lowest BCUT2D eigenvalue weighted by Gasteiger charge is -2.33. The van der Waals surface area contributed by atoms with Gasteiger partial charge in [-0.15, -0.1) is 11.6 Å². The number of piperidine rings is 1. The third-order valence-electron chi connectivity index (χ3n) is 3.34. The van der Waals surface area contributed by atoms with Crippen molar-refractivity contribution in [1.29, 1.82) is 0 Å². The van der Waals surface area contributed by atoms with Crippen LogP contribution in [-0.2, 0) is 10.0 Å². The molecule has 0 spiro atoms. The van der Waals surface area contributed by atoms with Crippen molar-refractivity contribution in [3.63, 3.8) is 0 Å². The third kappa shape index (κ3) is 2.90. The van der Waals surface area contributed by atoms with Crippen LogP contribution >= 0.6 is 11.6 Å². The van der Waals surface area contributed by atoms with Gasteiger partial charge < -0.3 is 0 Å². The van der Waals surface area contributed by atoms with Crippen molar-refractivity contribution in [2.75, 3.05) is 13.1 Å². The molecule has 106 valence electrons. The standard InChI is InChI=1S/C12H14ClF2NO2S/c1-8-4-5-16(7-10(8)13)19(17,18)12-3-2-9(14)6-11(12)15/h2-3,6,8,10H,4-5,7H2,1H3. The molecule has 2 atom stereocenters. The first kappa shape index (κ1) is 14.7. The van der Waals surface area contributed by atoms with Crippen molar-refractivity contribution < 1.29 is 17.2 Å². The molecule has 19 heavy (non-hydrogen) atoms. The summed E-state index contributed by atoms with van der Waals surface area (Å²) in [6, 6.07) is 2.44. The average molecular weight is 310 g/mol. The molecular weight excluding hydrogens is 296 g/mol. The minimum absolute atomic E-state index is 0.141. The monoisotopic (exact) mass is 309 g/mol. The number of hydrogen-bond donors (Lipinski definition) is 0. The zero-order chi connectivity index (χ0) is 14.2. The van der Waals surface area contributed by atoms with Crippen LogP contribution < -0.4 is 0 Å². The maximum Gasteiger partial charge on any atom is 0.246 e. The average Bonchev–Trinajstić information content (AvgIpc) is 2.32. The molecule has 1 fully saturated rings. The molecule has 0 saturated carbocycles. The molecule has 1 aromatic rings. The minimum atomic E-state index is -3.96. The van der Waals surface area contributed by atoms with Crippen molar-refractivity contribution in [3.05, 3.63) is 29.8 Å². The molecule has 0 bridgehead atoms. The fourth-order valence-corrected chi connectivity index (χ4v) is 3.94. The Kier molecular flexibility index (Phi) is 4.13. The Bertz CT molecular complexity index is 579. The summed E-state index contributed by atoms with van der Waals surface area (Å²) in [7, 11) is -3.96. The van der Waals surface area contributed by atoms with E-state index in [4.69, 9.17) is 11.6 Å². The van der Waals surface area contributed by atoms with Gasteiger partial charge in [0.1, 0.15) is 16.5 Å². The van der Waals surface area contributed by atoms with E-state index in [0.717, 1.165) is 16.4 Å². The second kappa shape index (κ2) is 5.34. The van der Waals surface area contributed by atoms with E-state index in [-0.39, 0.29) is 17.8 Å². The first-order chi connectivity index (χ1) is 8.82. The number of rotatable bonds is 2. The van der Waals surface area contributed by atoms with E-state index in [9.17, 15) is 17.2 Å². The maximum atomic E-state index is 13.6. The molecule has 0 amide bonds. The third-order valence-corrected chi connectivity index (χ3v) is 5.81. The molecule has 3 nitrogen and oxygen atoms in total. The van der Waals surface area contributed by atoms with Crippen LogP contribution in [0.15, 0.2) is 23.1 Å². The van der Waals surface area contributed by atoms with E-state index in [1.807, 2.05) is 6.92 Å². The van der Waals surface area contributed by atoms with Gasteiger partial charge in [-0.3, -0.25) is 0 Å². The Morgan fingerprint density at radius 2 is 2.05 bits per heavy atom. The predicted octanol–water partition coefficient (Wildman–Crippen LogP) is 2.60. The van der Waals surface area contributed by atoms with Gasteiger partial charge in [0.05, 0.1) is 0 Å². The van der Waals surface area contributed by atoms with Gasteiger partial charge in [0.2, 0.25) is 10.0 Å². The molecule has 0 aliphatic carbocycles. The van der Waals surface area contributed by atoms with Crippen molar-refractivity contribution in [3.8, 4) is 0 Å². The van der Waals surface area contributed by atoms with E-state index in [1.165, 1.54) is 0 Å². The van der Waals surface area contributed by atoms with E-state index < -0.39 is 26.6 Å². The molecule has 2 unspecified atom stereocenters. The zero-order valence-corrected chi connectivity index (χ0v) is 11.9. The molecule has 7 heteroatoms. The second-order valence-corrected chi connectivity index (χ2v) is 7.19. The summed E-state index contributed by atoms with van der Waals surface area (Å²) >= 11 is 6.06. The normalized spacial score (nSPS) is 25.5. The van der Waals surface area contributed by atoms with E-state index in [1.54, 1.807) is 0 Å². The highest BCUT2D eigenvalue weighted by Gasteiger charge is 2.34. The molecule has 1 heterocycles. The maximum absolute atomic E-state index is 13.6. The Labute approximate surface area is 116 Å². The van der Waals surface area contributed by atoms with Crippen LogP contribution in [0.3, 0.4) is 0 Å². The van der Waals surface area contributed by atoms with Crippen LogP contribution in [-0.4, -0.2) is 31.2 Å². The van der Waals surface area contributed by atoms with Crippen molar-refractivity contribution in [1.82, 2.24) is 4.31 Å². The summed E-state index contributed by atoms with van der Waals surface area (Å²) < 4.78 is 52.1. The van der Waals surface area contributed by atoms with Crippen LogP contribution in [0.25, 0.3) is 0 Å².